The maximum absolute atomic E-state index is 5.95. The largest absolute Gasteiger partial charge is 0.284 e. The van der Waals surface area contributed by atoms with E-state index in [9.17, 15) is 0 Å². The van der Waals surface area contributed by atoms with E-state index in [2.05, 4.69) is 59.5 Å². The average molecular weight is 408 g/mol. The van der Waals surface area contributed by atoms with Gasteiger partial charge in [0.2, 0.25) is 4.77 Å². The minimum absolute atomic E-state index is 0.391. The van der Waals surface area contributed by atoms with Gasteiger partial charge in [-0.1, -0.05) is 39.0 Å². The lowest BCUT2D eigenvalue weighted by atomic mass is 10.00. The summed E-state index contributed by atoms with van der Waals surface area (Å²) in [4.78, 5) is 6.76. The number of likely N-dealkylation sites (tertiary alicyclic amines) is 1. The highest BCUT2D eigenvalue weighted by Gasteiger charge is 2.21. The fourth-order valence-corrected chi connectivity index (χ4v) is 4.25. The fraction of sp³-hybridized carbons (Fsp3) is 0.435. The highest BCUT2D eigenvalue weighted by molar-refractivity contribution is 7.71. The van der Waals surface area contributed by atoms with E-state index in [-0.39, 0.29) is 0 Å². The molecule has 0 bridgehead atoms. The molecule has 3 heterocycles. The molecular weight excluding hydrogens is 378 g/mol. The van der Waals surface area contributed by atoms with Gasteiger partial charge in [0.25, 0.3) is 0 Å². The quantitative estimate of drug-likeness (QED) is 0.540. The smallest absolute Gasteiger partial charge is 0.204 e. The molecule has 2 aromatic heterocycles. The van der Waals surface area contributed by atoms with Crippen LogP contribution in [0.2, 0.25) is 0 Å². The van der Waals surface area contributed by atoms with Crippen molar-refractivity contribution in [3.63, 3.8) is 0 Å². The number of nitrogens with zero attached hydrogens (tertiary/aromatic N) is 5. The molecular formula is C23H29N5S. The van der Waals surface area contributed by atoms with E-state index in [0.717, 1.165) is 47.5 Å². The zero-order valence-electron chi connectivity index (χ0n) is 17.5. The lowest BCUT2D eigenvalue weighted by Crippen LogP contribution is -2.34. The van der Waals surface area contributed by atoms with Crippen LogP contribution >= 0.6 is 12.2 Å². The van der Waals surface area contributed by atoms with E-state index in [1.165, 1.54) is 18.4 Å². The maximum atomic E-state index is 5.95. The molecule has 0 aliphatic carbocycles. The van der Waals surface area contributed by atoms with Crippen LogP contribution in [-0.4, -0.2) is 37.3 Å². The predicted octanol–water partition coefficient (Wildman–Crippen LogP) is 5.28. The Bertz CT molecular complexity index is 1010. The van der Waals surface area contributed by atoms with E-state index < -0.39 is 0 Å². The van der Waals surface area contributed by atoms with Gasteiger partial charge >= 0.3 is 0 Å². The zero-order chi connectivity index (χ0) is 20.4. The summed E-state index contributed by atoms with van der Waals surface area (Å²) in [5, 5.41) is 4.96. The summed E-state index contributed by atoms with van der Waals surface area (Å²) in [7, 11) is 0. The van der Waals surface area contributed by atoms with Gasteiger partial charge in [-0.15, -0.1) is 5.10 Å². The summed E-state index contributed by atoms with van der Waals surface area (Å²) in [6, 6.07) is 12.5. The van der Waals surface area contributed by atoms with Crippen LogP contribution in [0.1, 0.15) is 45.1 Å². The number of pyridine rings is 1. The van der Waals surface area contributed by atoms with E-state index in [4.69, 9.17) is 17.3 Å². The Morgan fingerprint density at radius 1 is 1.10 bits per heavy atom. The van der Waals surface area contributed by atoms with Gasteiger partial charge in [-0.05, 0) is 60.7 Å². The van der Waals surface area contributed by atoms with Crippen molar-refractivity contribution in [3.8, 4) is 17.1 Å². The Morgan fingerprint density at radius 2 is 1.86 bits per heavy atom. The molecule has 1 fully saturated rings. The Morgan fingerprint density at radius 3 is 2.55 bits per heavy atom. The second-order valence-electron chi connectivity index (χ2n) is 8.34. The summed E-state index contributed by atoms with van der Waals surface area (Å²) < 4.78 is 4.83. The molecule has 152 valence electrons. The molecule has 1 aliphatic heterocycles. The minimum atomic E-state index is 0.391. The molecule has 3 aromatic rings. The second kappa shape index (κ2) is 8.59. The lowest BCUT2D eigenvalue weighted by Gasteiger charge is -2.29. The van der Waals surface area contributed by atoms with Gasteiger partial charge in [0.15, 0.2) is 5.82 Å². The molecule has 0 saturated carbocycles. The monoisotopic (exact) mass is 407 g/mol. The number of piperidine rings is 1. The molecule has 0 atom stereocenters. The highest BCUT2D eigenvalue weighted by Crippen LogP contribution is 2.28. The second-order valence-corrected chi connectivity index (χ2v) is 8.70. The number of hydrogen-bond acceptors (Lipinski definition) is 4. The molecule has 5 nitrogen and oxygen atoms in total. The summed E-state index contributed by atoms with van der Waals surface area (Å²) >= 11 is 5.95. The van der Waals surface area contributed by atoms with Crippen molar-refractivity contribution in [2.75, 3.05) is 13.1 Å². The van der Waals surface area contributed by atoms with Crippen molar-refractivity contribution in [2.24, 2.45) is 5.92 Å². The average Bonchev–Trinajstić information content (AvgIpc) is 3.06. The summed E-state index contributed by atoms with van der Waals surface area (Å²) in [6.45, 7) is 9.69. The van der Waals surface area contributed by atoms with Crippen LogP contribution in [0.3, 0.4) is 0 Å². The Balaban J connectivity index is 1.81. The molecule has 1 saturated heterocycles. The summed E-state index contributed by atoms with van der Waals surface area (Å²) in [6.07, 6.45) is 6.12. The van der Waals surface area contributed by atoms with Gasteiger partial charge in [0.1, 0.15) is 0 Å². The first-order valence-corrected chi connectivity index (χ1v) is 10.9. The Labute approximate surface area is 178 Å². The molecule has 1 aromatic carbocycles. The predicted molar refractivity (Wildman–Crippen MR) is 120 cm³/mol. The lowest BCUT2D eigenvalue weighted by molar-refractivity contribution is 0.146. The molecule has 0 N–H and O–H groups in total. The van der Waals surface area contributed by atoms with Crippen molar-refractivity contribution in [2.45, 2.75) is 46.2 Å². The first-order chi connectivity index (χ1) is 14.0. The minimum Gasteiger partial charge on any atom is -0.284 e. The molecule has 0 radical (unpaired) electrons. The van der Waals surface area contributed by atoms with Gasteiger partial charge < -0.3 is 0 Å². The van der Waals surface area contributed by atoms with E-state index in [1.807, 2.05) is 23.0 Å². The third-order valence-electron chi connectivity index (χ3n) is 5.77. The van der Waals surface area contributed by atoms with Crippen molar-refractivity contribution in [1.29, 1.82) is 0 Å². The van der Waals surface area contributed by atoms with Gasteiger partial charge in [-0.3, -0.25) is 14.5 Å². The molecule has 0 unspecified atom stereocenters. The van der Waals surface area contributed by atoms with Crippen LogP contribution in [0.4, 0.5) is 0 Å². The number of para-hydroxylation sites is 1. The van der Waals surface area contributed by atoms with Crippen molar-refractivity contribution >= 4 is 12.2 Å². The van der Waals surface area contributed by atoms with Gasteiger partial charge in [-0.25, -0.2) is 4.68 Å². The van der Waals surface area contributed by atoms with Gasteiger partial charge in [0.05, 0.1) is 12.4 Å². The van der Waals surface area contributed by atoms with Gasteiger partial charge in [0, 0.05) is 31.0 Å². The topological polar surface area (TPSA) is 38.9 Å². The van der Waals surface area contributed by atoms with E-state index in [1.54, 1.807) is 6.20 Å². The standard InChI is InChI=1S/C23H29N5S/c1-17(2)20-8-4-5-9-21(20)28-22(19-7-6-12-24-15-19)25-27(23(28)29)16-26-13-10-18(3)11-14-26/h4-9,12,15,17-18H,10-11,13-14,16H2,1-3H3. The van der Waals surface area contributed by atoms with Crippen molar-refractivity contribution in [1.82, 2.24) is 24.2 Å². The van der Waals surface area contributed by atoms with Crippen LogP contribution in [-0.2, 0) is 6.67 Å². The van der Waals surface area contributed by atoms with E-state index >= 15 is 0 Å². The van der Waals surface area contributed by atoms with Crippen molar-refractivity contribution < 1.29 is 0 Å². The van der Waals surface area contributed by atoms with E-state index in [0.29, 0.717) is 5.92 Å². The number of aromatic nitrogens is 4. The third-order valence-corrected chi connectivity index (χ3v) is 6.16. The van der Waals surface area contributed by atoms with Crippen LogP contribution in [0.15, 0.2) is 48.8 Å². The Kier molecular flexibility index (Phi) is 5.92. The summed E-state index contributed by atoms with van der Waals surface area (Å²) in [5.41, 5.74) is 3.34. The zero-order valence-corrected chi connectivity index (χ0v) is 18.3. The van der Waals surface area contributed by atoms with Crippen LogP contribution in [0.5, 0.6) is 0 Å². The van der Waals surface area contributed by atoms with Crippen LogP contribution in [0.25, 0.3) is 17.1 Å². The summed E-state index contributed by atoms with van der Waals surface area (Å²) in [5.74, 6) is 2.05. The first kappa shape index (κ1) is 20.0. The number of rotatable bonds is 5. The van der Waals surface area contributed by atoms with Gasteiger partial charge in [-0.2, -0.15) is 0 Å². The van der Waals surface area contributed by atoms with Crippen LogP contribution in [0, 0.1) is 10.7 Å². The Hall–Kier alpha value is -2.31. The molecule has 6 heteroatoms. The third kappa shape index (κ3) is 4.19. The first-order valence-electron chi connectivity index (χ1n) is 10.5. The fourth-order valence-electron chi connectivity index (χ4n) is 3.97. The molecule has 1 aliphatic rings. The number of benzene rings is 1. The van der Waals surface area contributed by atoms with Crippen LogP contribution < -0.4 is 0 Å². The SMILES string of the molecule is CC1CCN(Cn2nc(-c3cccnc3)n(-c3ccccc3C(C)C)c2=S)CC1. The maximum Gasteiger partial charge on any atom is 0.204 e. The molecule has 0 spiro atoms. The highest BCUT2D eigenvalue weighted by atomic mass is 32.1. The molecule has 29 heavy (non-hydrogen) atoms. The molecule has 4 rings (SSSR count). The molecule has 0 amide bonds. The number of hydrogen-bond donors (Lipinski definition) is 0. The van der Waals surface area contributed by atoms with Crippen molar-refractivity contribution in [3.05, 3.63) is 59.1 Å². The normalized spacial score (nSPS) is 15.9.